The van der Waals surface area contributed by atoms with Crippen molar-refractivity contribution in [3.05, 3.63) is 78.1 Å². The van der Waals surface area contributed by atoms with E-state index < -0.39 is 0 Å². The minimum Gasteiger partial charge on any atom is -0.273 e. The van der Waals surface area contributed by atoms with Gasteiger partial charge in [-0.2, -0.15) is 5.10 Å². The van der Waals surface area contributed by atoms with Gasteiger partial charge in [-0.3, -0.25) is 9.78 Å². The molecule has 23 heavy (non-hydrogen) atoms. The van der Waals surface area contributed by atoms with Crippen LogP contribution in [0.1, 0.15) is 18.1 Å². The average molecular weight is 303 g/mol. The number of fused-ring (bicyclic) bond motifs is 1. The molecule has 1 heterocycles. The Morgan fingerprint density at radius 3 is 2.74 bits per heavy atom. The molecule has 4 nitrogen and oxygen atoms in total. The van der Waals surface area contributed by atoms with Crippen molar-refractivity contribution in [2.45, 2.75) is 13.3 Å². The van der Waals surface area contributed by atoms with E-state index in [-0.39, 0.29) is 5.91 Å². The first-order valence-electron chi connectivity index (χ1n) is 7.44. The molecular weight excluding hydrogens is 286 g/mol. The smallest absolute Gasteiger partial charge is 0.244 e. The van der Waals surface area contributed by atoms with Crippen molar-refractivity contribution in [3.63, 3.8) is 0 Å². The molecule has 0 atom stereocenters. The van der Waals surface area contributed by atoms with Gasteiger partial charge in [-0.15, -0.1) is 0 Å². The number of hydrogen-bond donors (Lipinski definition) is 1. The molecule has 0 fully saturated rings. The molecule has 0 saturated heterocycles. The van der Waals surface area contributed by atoms with Gasteiger partial charge in [-0.1, -0.05) is 48.5 Å². The standard InChI is InChI=1S/C19H17N3O/c1-14(17-9-5-11-20-13-17)21-22-19(23)12-16-8-4-7-15-6-2-3-10-18(15)16/h2-11,13H,12H2,1H3,(H,22,23)/b21-14+. The van der Waals surface area contributed by atoms with E-state index in [1.54, 1.807) is 12.4 Å². The number of hydrazone groups is 1. The van der Waals surface area contributed by atoms with E-state index in [1.807, 2.05) is 61.5 Å². The third-order valence-electron chi connectivity index (χ3n) is 3.66. The molecule has 3 rings (SSSR count). The number of carbonyl (C=O) groups excluding carboxylic acids is 1. The summed E-state index contributed by atoms with van der Waals surface area (Å²) in [4.78, 5) is 16.2. The topological polar surface area (TPSA) is 54.4 Å². The second-order valence-corrected chi connectivity index (χ2v) is 5.29. The van der Waals surface area contributed by atoms with Crippen LogP contribution in [0.4, 0.5) is 0 Å². The number of pyridine rings is 1. The molecule has 0 spiro atoms. The van der Waals surface area contributed by atoms with E-state index in [0.717, 1.165) is 27.6 Å². The molecule has 114 valence electrons. The summed E-state index contributed by atoms with van der Waals surface area (Å²) in [5, 5.41) is 6.38. The van der Waals surface area contributed by atoms with Crippen molar-refractivity contribution >= 4 is 22.4 Å². The van der Waals surface area contributed by atoms with Crippen LogP contribution < -0.4 is 5.43 Å². The van der Waals surface area contributed by atoms with Gasteiger partial charge in [0.1, 0.15) is 0 Å². The second-order valence-electron chi connectivity index (χ2n) is 5.29. The molecule has 3 aromatic rings. The molecular formula is C19H17N3O. The van der Waals surface area contributed by atoms with Crippen LogP contribution in [0.25, 0.3) is 10.8 Å². The summed E-state index contributed by atoms with van der Waals surface area (Å²) in [6, 6.07) is 17.8. The van der Waals surface area contributed by atoms with E-state index in [1.165, 1.54) is 0 Å². The highest BCUT2D eigenvalue weighted by atomic mass is 16.2. The Balaban J connectivity index is 1.72. The van der Waals surface area contributed by atoms with Gasteiger partial charge in [-0.05, 0) is 29.3 Å². The summed E-state index contributed by atoms with van der Waals surface area (Å²) in [5.41, 5.74) is 5.22. The van der Waals surface area contributed by atoms with E-state index in [9.17, 15) is 4.79 Å². The first kappa shape index (κ1) is 14.9. The van der Waals surface area contributed by atoms with Crippen molar-refractivity contribution in [3.8, 4) is 0 Å². The maximum Gasteiger partial charge on any atom is 0.244 e. The summed E-state index contributed by atoms with van der Waals surface area (Å²) in [6.45, 7) is 1.84. The fourth-order valence-electron chi connectivity index (χ4n) is 2.45. The molecule has 0 unspecified atom stereocenters. The Bertz CT molecular complexity index is 851. The van der Waals surface area contributed by atoms with Crippen molar-refractivity contribution < 1.29 is 4.79 Å². The zero-order valence-electron chi connectivity index (χ0n) is 12.9. The average Bonchev–Trinajstić information content (AvgIpc) is 2.61. The fraction of sp³-hybridized carbons (Fsp3) is 0.105. The first-order valence-corrected chi connectivity index (χ1v) is 7.44. The molecule has 0 bridgehead atoms. The summed E-state index contributed by atoms with van der Waals surface area (Å²) in [5.74, 6) is -0.135. The minimum absolute atomic E-state index is 0.135. The van der Waals surface area contributed by atoms with E-state index in [0.29, 0.717) is 6.42 Å². The predicted octanol–water partition coefficient (Wildman–Crippen LogP) is 3.32. The maximum atomic E-state index is 12.2. The summed E-state index contributed by atoms with van der Waals surface area (Å²) in [7, 11) is 0. The van der Waals surface area contributed by atoms with E-state index >= 15 is 0 Å². The van der Waals surface area contributed by atoms with Gasteiger partial charge in [0.05, 0.1) is 12.1 Å². The van der Waals surface area contributed by atoms with Gasteiger partial charge in [0.25, 0.3) is 0 Å². The van der Waals surface area contributed by atoms with Gasteiger partial charge in [0.15, 0.2) is 0 Å². The van der Waals surface area contributed by atoms with Crippen molar-refractivity contribution in [1.82, 2.24) is 10.4 Å². The van der Waals surface area contributed by atoms with Gasteiger partial charge in [-0.25, -0.2) is 5.43 Å². The van der Waals surface area contributed by atoms with Crippen LogP contribution in [0.5, 0.6) is 0 Å². The minimum atomic E-state index is -0.135. The molecule has 1 amide bonds. The monoisotopic (exact) mass is 303 g/mol. The molecule has 1 N–H and O–H groups in total. The van der Waals surface area contributed by atoms with Crippen LogP contribution >= 0.6 is 0 Å². The van der Waals surface area contributed by atoms with Gasteiger partial charge in [0, 0.05) is 18.0 Å². The molecule has 0 saturated carbocycles. The lowest BCUT2D eigenvalue weighted by Crippen LogP contribution is -2.21. The third kappa shape index (κ3) is 3.61. The normalized spacial score (nSPS) is 11.4. The number of benzene rings is 2. The lowest BCUT2D eigenvalue weighted by Gasteiger charge is -2.06. The highest BCUT2D eigenvalue weighted by molar-refractivity contribution is 5.99. The summed E-state index contributed by atoms with van der Waals surface area (Å²) < 4.78 is 0. The number of carbonyl (C=O) groups is 1. The Kier molecular flexibility index (Phi) is 4.43. The number of nitrogens with one attached hydrogen (secondary N) is 1. The zero-order valence-corrected chi connectivity index (χ0v) is 12.9. The van der Waals surface area contributed by atoms with Crippen molar-refractivity contribution in [2.75, 3.05) is 0 Å². The Labute approximate surface area is 134 Å². The van der Waals surface area contributed by atoms with Gasteiger partial charge in [0.2, 0.25) is 5.91 Å². The van der Waals surface area contributed by atoms with Crippen LogP contribution in [0.3, 0.4) is 0 Å². The van der Waals surface area contributed by atoms with Crippen LogP contribution in [-0.4, -0.2) is 16.6 Å². The number of nitrogens with zero attached hydrogens (tertiary/aromatic N) is 2. The maximum absolute atomic E-state index is 12.2. The number of aromatic nitrogens is 1. The highest BCUT2D eigenvalue weighted by Gasteiger charge is 2.06. The van der Waals surface area contributed by atoms with Gasteiger partial charge >= 0.3 is 0 Å². The molecule has 0 aliphatic rings. The summed E-state index contributed by atoms with van der Waals surface area (Å²) >= 11 is 0. The second kappa shape index (κ2) is 6.83. The Hall–Kier alpha value is -3.01. The molecule has 0 aliphatic carbocycles. The SMILES string of the molecule is C/C(=N\NC(=O)Cc1cccc2ccccc12)c1cccnc1. The number of amides is 1. The largest absolute Gasteiger partial charge is 0.273 e. The quantitative estimate of drug-likeness (QED) is 0.594. The zero-order chi connectivity index (χ0) is 16.1. The Morgan fingerprint density at radius 2 is 1.91 bits per heavy atom. The van der Waals surface area contributed by atoms with E-state index in [4.69, 9.17) is 0 Å². The van der Waals surface area contributed by atoms with Crippen molar-refractivity contribution in [1.29, 1.82) is 0 Å². The van der Waals surface area contributed by atoms with Crippen LogP contribution in [0, 0.1) is 0 Å². The van der Waals surface area contributed by atoms with Crippen LogP contribution in [0.2, 0.25) is 0 Å². The van der Waals surface area contributed by atoms with Crippen LogP contribution in [0.15, 0.2) is 72.1 Å². The molecule has 0 aliphatic heterocycles. The van der Waals surface area contributed by atoms with Crippen molar-refractivity contribution in [2.24, 2.45) is 5.10 Å². The lowest BCUT2D eigenvalue weighted by molar-refractivity contribution is -0.120. The van der Waals surface area contributed by atoms with Gasteiger partial charge < -0.3 is 0 Å². The molecule has 4 heteroatoms. The lowest BCUT2D eigenvalue weighted by atomic mass is 10.0. The first-order chi connectivity index (χ1) is 11.2. The van der Waals surface area contributed by atoms with Crippen LogP contribution in [-0.2, 0) is 11.2 Å². The highest BCUT2D eigenvalue weighted by Crippen LogP contribution is 2.18. The fourth-order valence-corrected chi connectivity index (χ4v) is 2.45. The predicted molar refractivity (Wildman–Crippen MR) is 92.2 cm³/mol. The molecule has 2 aromatic carbocycles. The number of rotatable bonds is 4. The Morgan fingerprint density at radius 1 is 1.09 bits per heavy atom. The van der Waals surface area contributed by atoms with E-state index in [2.05, 4.69) is 15.5 Å². The molecule has 0 radical (unpaired) electrons. The molecule has 1 aromatic heterocycles. The number of hydrogen-bond acceptors (Lipinski definition) is 3. The summed E-state index contributed by atoms with van der Waals surface area (Å²) in [6.07, 6.45) is 3.72. The third-order valence-corrected chi connectivity index (χ3v) is 3.66.